The van der Waals surface area contributed by atoms with Crippen LogP contribution in [-0.2, 0) is 9.53 Å². The van der Waals surface area contributed by atoms with Crippen LogP contribution in [0.3, 0.4) is 0 Å². The Balaban J connectivity index is 1.80. The second-order valence-electron chi connectivity index (χ2n) is 6.26. The number of thioether (sulfide) groups is 1. The molecule has 0 unspecified atom stereocenters. The monoisotopic (exact) mass is 298 g/mol. The summed E-state index contributed by atoms with van der Waals surface area (Å²) in [5.41, 5.74) is 0. The van der Waals surface area contributed by atoms with E-state index in [4.69, 9.17) is 4.74 Å². The van der Waals surface area contributed by atoms with E-state index in [9.17, 15) is 4.79 Å². The molecule has 1 heterocycles. The third-order valence-corrected chi connectivity index (χ3v) is 5.14. The molecule has 0 aromatic rings. The molecule has 1 N–H and O–H groups in total. The summed E-state index contributed by atoms with van der Waals surface area (Å²) in [6.45, 7) is 8.41. The lowest BCUT2D eigenvalue weighted by atomic mass is 9.75. The van der Waals surface area contributed by atoms with Crippen LogP contribution in [0.5, 0.6) is 0 Å². The summed E-state index contributed by atoms with van der Waals surface area (Å²) in [7, 11) is 0. The van der Waals surface area contributed by atoms with Crippen molar-refractivity contribution in [2.24, 2.45) is 22.7 Å². The van der Waals surface area contributed by atoms with Crippen LogP contribution >= 0.6 is 11.8 Å². The highest BCUT2D eigenvalue weighted by Gasteiger charge is 2.33. The average Bonchev–Trinajstić information content (AvgIpc) is 2.89. The smallest absolute Gasteiger partial charge is 0.316 e. The minimum atomic E-state index is -0.101. The van der Waals surface area contributed by atoms with Crippen molar-refractivity contribution in [3.05, 3.63) is 0 Å². The minimum Gasteiger partial charge on any atom is -0.461 e. The SMILES string of the molecule is CC(C)[C@@H]1CC[C@H](C)C[C@H]1OC(=O)CSC1=NCCN1. The van der Waals surface area contributed by atoms with Gasteiger partial charge < -0.3 is 10.1 Å². The van der Waals surface area contributed by atoms with E-state index in [1.807, 2.05) is 0 Å². The Bertz CT molecular complexity index is 371. The lowest BCUT2D eigenvalue weighted by Crippen LogP contribution is -2.36. The summed E-state index contributed by atoms with van der Waals surface area (Å²) in [6, 6.07) is 0. The third kappa shape index (κ3) is 4.40. The number of nitrogens with one attached hydrogen (secondary N) is 1. The fourth-order valence-electron chi connectivity index (χ4n) is 3.05. The number of ether oxygens (including phenoxy) is 1. The maximum Gasteiger partial charge on any atom is 0.316 e. The molecule has 1 fully saturated rings. The van der Waals surface area contributed by atoms with Crippen LogP contribution in [0.15, 0.2) is 4.99 Å². The molecule has 20 heavy (non-hydrogen) atoms. The fourth-order valence-corrected chi connectivity index (χ4v) is 3.76. The van der Waals surface area contributed by atoms with E-state index < -0.39 is 0 Å². The predicted octanol–water partition coefficient (Wildman–Crippen LogP) is 2.68. The number of nitrogens with zero attached hydrogens (tertiary/aromatic N) is 1. The molecule has 0 aromatic carbocycles. The topological polar surface area (TPSA) is 50.7 Å². The van der Waals surface area contributed by atoms with Gasteiger partial charge in [0.15, 0.2) is 5.17 Å². The minimum absolute atomic E-state index is 0.101. The van der Waals surface area contributed by atoms with Crippen molar-refractivity contribution in [1.82, 2.24) is 5.32 Å². The van der Waals surface area contributed by atoms with Gasteiger partial charge in [-0.1, -0.05) is 39.0 Å². The number of carbonyl (C=O) groups is 1. The van der Waals surface area contributed by atoms with E-state index in [1.165, 1.54) is 24.6 Å². The lowest BCUT2D eigenvalue weighted by Gasteiger charge is -2.36. The highest BCUT2D eigenvalue weighted by molar-refractivity contribution is 8.14. The van der Waals surface area contributed by atoms with Crippen molar-refractivity contribution in [3.8, 4) is 0 Å². The lowest BCUT2D eigenvalue weighted by molar-refractivity contribution is -0.152. The number of aliphatic imine (C=N–C) groups is 1. The molecule has 0 saturated heterocycles. The quantitative estimate of drug-likeness (QED) is 0.811. The van der Waals surface area contributed by atoms with Crippen molar-refractivity contribution < 1.29 is 9.53 Å². The second kappa shape index (κ2) is 7.34. The van der Waals surface area contributed by atoms with E-state index in [-0.39, 0.29) is 12.1 Å². The van der Waals surface area contributed by atoms with Gasteiger partial charge in [-0.05, 0) is 30.6 Å². The molecule has 0 bridgehead atoms. The zero-order chi connectivity index (χ0) is 14.5. The first-order valence-corrected chi connectivity index (χ1v) is 8.65. The normalized spacial score (nSPS) is 30.0. The van der Waals surface area contributed by atoms with E-state index >= 15 is 0 Å². The van der Waals surface area contributed by atoms with Gasteiger partial charge in [0.05, 0.1) is 12.3 Å². The predicted molar refractivity (Wildman–Crippen MR) is 84.0 cm³/mol. The molecule has 4 nitrogen and oxygen atoms in total. The van der Waals surface area contributed by atoms with Crippen molar-refractivity contribution in [3.63, 3.8) is 0 Å². The molecule has 3 atom stereocenters. The van der Waals surface area contributed by atoms with Crippen molar-refractivity contribution in [1.29, 1.82) is 0 Å². The standard InChI is InChI=1S/C15H26N2O2S/c1-10(2)12-5-4-11(3)8-13(12)19-14(18)9-20-15-16-6-7-17-15/h10-13H,4-9H2,1-3H3,(H,16,17)/t11-,12-,13+/m0/s1. The molecule has 1 aliphatic heterocycles. The first kappa shape index (κ1) is 15.7. The number of hydrogen-bond donors (Lipinski definition) is 1. The first-order chi connectivity index (χ1) is 9.56. The van der Waals surface area contributed by atoms with E-state index in [0.29, 0.717) is 23.5 Å². The molecule has 0 amide bonds. The zero-order valence-electron chi connectivity index (χ0n) is 12.7. The van der Waals surface area contributed by atoms with Crippen LogP contribution in [0.1, 0.15) is 40.0 Å². The maximum atomic E-state index is 12.0. The molecule has 0 aromatic heterocycles. The molecule has 1 saturated carbocycles. The zero-order valence-corrected chi connectivity index (χ0v) is 13.5. The Hall–Kier alpha value is -0.710. The van der Waals surface area contributed by atoms with Crippen LogP contribution in [0.4, 0.5) is 0 Å². The Labute approximate surface area is 126 Å². The molecular formula is C15H26N2O2S. The Morgan fingerprint density at radius 1 is 1.50 bits per heavy atom. The molecule has 0 spiro atoms. The Morgan fingerprint density at radius 2 is 2.30 bits per heavy atom. The third-order valence-electron chi connectivity index (χ3n) is 4.21. The number of rotatable bonds is 4. The molecule has 5 heteroatoms. The number of carbonyl (C=O) groups excluding carboxylic acids is 1. The van der Waals surface area contributed by atoms with Gasteiger partial charge >= 0.3 is 5.97 Å². The highest BCUT2D eigenvalue weighted by atomic mass is 32.2. The van der Waals surface area contributed by atoms with Crippen LogP contribution in [0.2, 0.25) is 0 Å². The van der Waals surface area contributed by atoms with Gasteiger partial charge in [0.1, 0.15) is 6.10 Å². The first-order valence-electron chi connectivity index (χ1n) is 7.67. The van der Waals surface area contributed by atoms with Gasteiger partial charge in [-0.2, -0.15) is 0 Å². The summed E-state index contributed by atoms with van der Waals surface area (Å²) in [6.07, 6.45) is 3.55. The van der Waals surface area contributed by atoms with E-state index in [1.54, 1.807) is 0 Å². The Kier molecular flexibility index (Phi) is 5.75. The summed E-state index contributed by atoms with van der Waals surface area (Å²) < 4.78 is 5.75. The van der Waals surface area contributed by atoms with E-state index in [2.05, 4.69) is 31.1 Å². The second-order valence-corrected chi connectivity index (χ2v) is 7.22. The molecule has 1 aliphatic carbocycles. The maximum absolute atomic E-state index is 12.0. The fraction of sp³-hybridized carbons (Fsp3) is 0.867. The van der Waals surface area contributed by atoms with Gasteiger partial charge in [0.2, 0.25) is 0 Å². The molecule has 2 rings (SSSR count). The number of amidine groups is 1. The van der Waals surface area contributed by atoms with Crippen LogP contribution < -0.4 is 5.32 Å². The molecule has 0 radical (unpaired) electrons. The van der Waals surface area contributed by atoms with Gasteiger partial charge in [-0.25, -0.2) is 0 Å². The van der Waals surface area contributed by atoms with Gasteiger partial charge in [0.25, 0.3) is 0 Å². The Morgan fingerprint density at radius 3 is 2.95 bits per heavy atom. The largest absolute Gasteiger partial charge is 0.461 e. The van der Waals surface area contributed by atoms with Gasteiger partial charge in [0, 0.05) is 6.54 Å². The number of esters is 1. The van der Waals surface area contributed by atoms with Crippen molar-refractivity contribution in [2.45, 2.75) is 46.1 Å². The molecule has 114 valence electrons. The van der Waals surface area contributed by atoms with Crippen molar-refractivity contribution >= 4 is 22.9 Å². The summed E-state index contributed by atoms with van der Waals surface area (Å²) in [5, 5.41) is 4.03. The van der Waals surface area contributed by atoms with Gasteiger partial charge in [-0.3, -0.25) is 9.79 Å². The van der Waals surface area contributed by atoms with Crippen molar-refractivity contribution in [2.75, 3.05) is 18.8 Å². The van der Waals surface area contributed by atoms with Gasteiger partial charge in [-0.15, -0.1) is 0 Å². The van der Waals surface area contributed by atoms with Crippen LogP contribution in [-0.4, -0.2) is 36.1 Å². The summed E-state index contributed by atoms with van der Waals surface area (Å²) >= 11 is 1.46. The highest BCUT2D eigenvalue weighted by Crippen LogP contribution is 2.35. The summed E-state index contributed by atoms with van der Waals surface area (Å²) in [4.78, 5) is 16.3. The summed E-state index contributed by atoms with van der Waals surface area (Å²) in [5.74, 6) is 2.02. The average molecular weight is 298 g/mol. The van der Waals surface area contributed by atoms with Crippen LogP contribution in [0, 0.1) is 17.8 Å². The van der Waals surface area contributed by atoms with E-state index in [0.717, 1.165) is 24.7 Å². The molecule has 2 aliphatic rings. The number of hydrogen-bond acceptors (Lipinski definition) is 5. The molecular weight excluding hydrogens is 272 g/mol. The van der Waals surface area contributed by atoms with Crippen LogP contribution in [0.25, 0.3) is 0 Å².